The molecule has 0 radical (unpaired) electrons. The van der Waals surface area contributed by atoms with Crippen LogP contribution in [0, 0.1) is 0 Å². The number of hydrogen-bond donors (Lipinski definition) is 12. The van der Waals surface area contributed by atoms with Crippen LogP contribution in [-0.4, -0.2) is 61.3 Å². The summed E-state index contributed by atoms with van der Waals surface area (Å²) >= 11 is 0. The van der Waals surface area contributed by atoms with E-state index in [1.165, 1.54) is 6.07 Å². The summed E-state index contributed by atoms with van der Waals surface area (Å²) in [7, 11) is 0. The molecule has 12 N–H and O–H groups in total. The first kappa shape index (κ1) is 40.2. The zero-order valence-electron chi connectivity index (χ0n) is 34.5. The number of phenolic OH excluding ortho intramolecular Hbond substituents is 12. The molecule has 0 saturated carbocycles. The summed E-state index contributed by atoms with van der Waals surface area (Å²) in [6, 6.07) is 43.6. The van der Waals surface area contributed by atoms with Crippen molar-refractivity contribution in [3.63, 3.8) is 0 Å². The number of aromatic hydroxyl groups is 12. The summed E-state index contributed by atoms with van der Waals surface area (Å²) in [6.45, 7) is 0. The van der Waals surface area contributed by atoms with Crippen molar-refractivity contribution in [3.8, 4) is 91.2 Å². The van der Waals surface area contributed by atoms with Gasteiger partial charge in [0.1, 0.15) is 22.5 Å². The molecule has 0 atom stereocenters. The highest BCUT2D eigenvalue weighted by Gasteiger charge is 2.47. The van der Waals surface area contributed by atoms with Gasteiger partial charge in [-0.05, 0) is 74.8 Å². The van der Waals surface area contributed by atoms with E-state index in [0.717, 1.165) is 54.6 Å². The van der Waals surface area contributed by atoms with Gasteiger partial charge in [-0.3, -0.25) is 4.90 Å². The quantitative estimate of drug-likeness (QED) is 0.0548. The molecule has 11 rings (SSSR count). The maximum atomic E-state index is 12.1. The van der Waals surface area contributed by atoms with Crippen LogP contribution in [-0.2, 0) is 5.41 Å². The lowest BCUT2D eigenvalue weighted by Gasteiger charge is -2.35. The maximum absolute atomic E-state index is 12.1. The van der Waals surface area contributed by atoms with Crippen LogP contribution in [0.5, 0.6) is 69.0 Å². The van der Waals surface area contributed by atoms with Crippen LogP contribution in [0.1, 0.15) is 22.3 Å². The molecule has 1 aliphatic carbocycles. The molecule has 1 heterocycles. The molecule has 0 amide bonds. The molecule has 9 aromatic carbocycles. The number of hydrogen-bond acceptors (Lipinski definition) is 14. The Kier molecular flexibility index (Phi) is 8.54. The van der Waals surface area contributed by atoms with Gasteiger partial charge in [-0.1, -0.05) is 109 Å². The monoisotopic (exact) mass is 893 g/mol. The second-order valence-corrected chi connectivity index (χ2v) is 16.2. The van der Waals surface area contributed by atoms with E-state index in [0.29, 0.717) is 16.7 Å². The van der Waals surface area contributed by atoms with Crippen LogP contribution < -0.4 is 4.90 Å². The third-order valence-corrected chi connectivity index (χ3v) is 12.8. The van der Waals surface area contributed by atoms with Crippen LogP contribution in [0.15, 0.2) is 144 Å². The zero-order chi connectivity index (χ0) is 46.8. The smallest absolute Gasteiger partial charge is 0.208 e. The average molecular weight is 894 g/mol. The van der Waals surface area contributed by atoms with E-state index in [4.69, 9.17) is 4.42 Å². The Morgan fingerprint density at radius 1 is 0.343 bits per heavy atom. The Balaban J connectivity index is 1.26. The molecular formula is C53H35NO13. The Bertz CT molecular complexity index is 3670. The number of anilines is 3. The minimum absolute atomic E-state index is 0.149. The van der Waals surface area contributed by atoms with Crippen molar-refractivity contribution < 1.29 is 65.7 Å². The van der Waals surface area contributed by atoms with E-state index in [1.54, 1.807) is 12.1 Å². The third-order valence-electron chi connectivity index (χ3n) is 12.8. The summed E-state index contributed by atoms with van der Waals surface area (Å²) in [5, 5.41) is 134. The van der Waals surface area contributed by atoms with E-state index < -0.39 is 96.6 Å². The van der Waals surface area contributed by atoms with E-state index >= 15 is 0 Å². The van der Waals surface area contributed by atoms with Crippen LogP contribution in [0.3, 0.4) is 0 Å². The average Bonchev–Trinajstić information content (AvgIpc) is 3.88. The normalized spacial score (nSPS) is 12.7. The lowest BCUT2D eigenvalue weighted by molar-refractivity contribution is 0.329. The van der Waals surface area contributed by atoms with Crippen molar-refractivity contribution >= 4 is 49.8 Å². The number of furan rings is 1. The summed E-state index contributed by atoms with van der Waals surface area (Å²) in [5.41, 5.74) is 4.33. The molecule has 14 heteroatoms. The van der Waals surface area contributed by atoms with Gasteiger partial charge in [0.15, 0.2) is 40.2 Å². The fourth-order valence-corrected chi connectivity index (χ4v) is 9.89. The molecule has 0 fully saturated rings. The first-order valence-corrected chi connectivity index (χ1v) is 20.6. The van der Waals surface area contributed by atoms with E-state index in [1.807, 2.05) is 115 Å². The lowest BCUT2D eigenvalue weighted by atomic mass is 9.67. The highest BCUT2D eigenvalue weighted by Crippen LogP contribution is 2.66. The maximum Gasteiger partial charge on any atom is 0.208 e. The Hall–Kier alpha value is -9.56. The molecule has 14 nitrogen and oxygen atoms in total. The highest BCUT2D eigenvalue weighted by molar-refractivity contribution is 6.14. The molecular weight excluding hydrogens is 859 g/mol. The first-order valence-electron chi connectivity index (χ1n) is 20.6. The van der Waals surface area contributed by atoms with Crippen LogP contribution in [0.4, 0.5) is 17.1 Å². The van der Waals surface area contributed by atoms with Gasteiger partial charge in [0, 0.05) is 16.5 Å². The van der Waals surface area contributed by atoms with Gasteiger partial charge in [0.25, 0.3) is 0 Å². The van der Waals surface area contributed by atoms with Gasteiger partial charge in [0.2, 0.25) is 28.7 Å². The van der Waals surface area contributed by atoms with Crippen molar-refractivity contribution in [2.45, 2.75) is 5.41 Å². The SMILES string of the molecule is Oc1c(O)c(O)c(N(c2ccc3c(c2)C(c2ccccc2)(c2ccccc2)c2cc(-c4cccc5oc6ccccc6c45)ccc2-3)c2c(O)c(O)c3c(O)c(O)c(O)c(O)c3c2O)c(O)c1O. The molecule has 67 heavy (non-hydrogen) atoms. The topological polar surface area (TPSA) is 259 Å². The number of fused-ring (bicyclic) bond motifs is 7. The molecule has 0 aliphatic heterocycles. The standard InChI is InChI=1S/C53H35NO13/c55-41-37-38(44(58)49(63)48(62)43(37)57)42(56)45(59)39(41)54(40-46(60)50(64)52(66)51(65)47(40)61)27-19-21-30-29-20-18-24(28-15-9-17-35-36(28)31-14-7-8-16-34(31)67-35)22-32(29)53(33(30)23-27,25-10-3-1-4-11-25)26-12-5-2-6-13-26/h1-23,55-66H. The summed E-state index contributed by atoms with van der Waals surface area (Å²) < 4.78 is 6.27. The Morgan fingerprint density at radius 2 is 0.806 bits per heavy atom. The number of nitrogens with zero attached hydrogens (tertiary/aromatic N) is 1. The molecule has 0 unspecified atom stereocenters. The predicted octanol–water partition coefficient (Wildman–Crippen LogP) is 10.7. The van der Waals surface area contributed by atoms with Crippen molar-refractivity contribution in [1.29, 1.82) is 0 Å². The number of para-hydroxylation sites is 1. The number of phenols is 12. The second kappa shape index (κ2) is 14.2. The van der Waals surface area contributed by atoms with E-state index in [-0.39, 0.29) is 5.69 Å². The van der Waals surface area contributed by atoms with Crippen molar-refractivity contribution in [2.24, 2.45) is 0 Å². The van der Waals surface area contributed by atoms with Crippen molar-refractivity contribution in [3.05, 3.63) is 162 Å². The van der Waals surface area contributed by atoms with Gasteiger partial charge in [-0.15, -0.1) is 0 Å². The Labute approximate surface area is 377 Å². The van der Waals surface area contributed by atoms with Crippen LogP contribution in [0.2, 0.25) is 0 Å². The molecule has 0 spiro atoms. The minimum atomic E-state index is -1.34. The summed E-state index contributed by atoms with van der Waals surface area (Å²) in [4.78, 5) is 0.730. The van der Waals surface area contributed by atoms with Crippen LogP contribution in [0.25, 0.3) is 55.0 Å². The van der Waals surface area contributed by atoms with Crippen molar-refractivity contribution in [1.82, 2.24) is 0 Å². The van der Waals surface area contributed by atoms with Crippen LogP contribution >= 0.6 is 0 Å². The number of benzene rings is 9. The zero-order valence-corrected chi connectivity index (χ0v) is 34.5. The molecule has 0 saturated heterocycles. The fourth-order valence-electron chi connectivity index (χ4n) is 9.89. The molecule has 330 valence electrons. The van der Waals surface area contributed by atoms with Gasteiger partial charge in [0.05, 0.1) is 16.2 Å². The highest BCUT2D eigenvalue weighted by atomic mass is 16.4. The largest absolute Gasteiger partial charge is 0.505 e. The van der Waals surface area contributed by atoms with E-state index in [9.17, 15) is 61.3 Å². The molecule has 1 aliphatic rings. The molecule has 10 aromatic rings. The molecule has 0 bridgehead atoms. The minimum Gasteiger partial charge on any atom is -0.505 e. The fraction of sp³-hybridized carbons (Fsp3) is 0.0189. The lowest BCUT2D eigenvalue weighted by Crippen LogP contribution is -2.28. The first-order chi connectivity index (χ1) is 32.3. The summed E-state index contributed by atoms with van der Waals surface area (Å²) in [5.74, 6) is -15.5. The van der Waals surface area contributed by atoms with Gasteiger partial charge in [-0.2, -0.15) is 0 Å². The predicted molar refractivity (Wildman–Crippen MR) is 249 cm³/mol. The van der Waals surface area contributed by atoms with Gasteiger partial charge >= 0.3 is 0 Å². The third kappa shape index (κ3) is 5.31. The van der Waals surface area contributed by atoms with Gasteiger partial charge in [-0.25, -0.2) is 0 Å². The van der Waals surface area contributed by atoms with Crippen molar-refractivity contribution in [2.75, 3.05) is 4.90 Å². The second-order valence-electron chi connectivity index (χ2n) is 16.2. The van der Waals surface area contributed by atoms with E-state index in [2.05, 4.69) is 6.07 Å². The van der Waals surface area contributed by atoms with Gasteiger partial charge < -0.3 is 65.7 Å². The Morgan fingerprint density at radius 3 is 1.43 bits per heavy atom. The molecule has 1 aromatic heterocycles. The number of rotatable bonds is 6. The summed E-state index contributed by atoms with van der Waals surface area (Å²) in [6.07, 6.45) is 0.